The molecule has 0 unspecified atom stereocenters. The average molecular weight is 549 g/mol. The van der Waals surface area contributed by atoms with Crippen LogP contribution in [0.5, 0.6) is 0 Å². The van der Waals surface area contributed by atoms with E-state index in [1.54, 1.807) is 12.1 Å². The van der Waals surface area contributed by atoms with Crippen LogP contribution in [0.25, 0.3) is 5.73 Å². The number of benzene rings is 1. The third-order valence-corrected chi connectivity index (χ3v) is 2.58. The summed E-state index contributed by atoms with van der Waals surface area (Å²) >= 11 is 0. The number of carbonyl (C=O) groups is 1. The molecule has 0 atom stereocenters. The van der Waals surface area contributed by atoms with Gasteiger partial charge in [-0.05, 0) is 22.6 Å². The van der Waals surface area contributed by atoms with Crippen LogP contribution in [0.15, 0.2) is 42.5 Å². The van der Waals surface area contributed by atoms with E-state index in [1.165, 1.54) is 0 Å². The van der Waals surface area contributed by atoms with E-state index in [0.29, 0.717) is 5.56 Å². The SMILES string of the molecule is CC(C)(C)c1cccc(C([NH-])=O)c1.C[Si]C.[C-]1=CC=CC1.[Cl-].[Cl-].[Hf+4]. The minimum Gasteiger partial charge on any atom is -1.00 e. The first-order valence-corrected chi connectivity index (χ1v) is 8.99. The molecule has 1 aromatic carbocycles. The van der Waals surface area contributed by atoms with Gasteiger partial charge >= 0.3 is 25.8 Å². The molecule has 0 saturated carbocycles. The van der Waals surface area contributed by atoms with Crippen LogP contribution >= 0.6 is 0 Å². The molecule has 130 valence electrons. The quantitative estimate of drug-likeness (QED) is 0.337. The van der Waals surface area contributed by atoms with E-state index in [-0.39, 0.29) is 56.1 Å². The van der Waals surface area contributed by atoms with Crippen LogP contribution in [0.1, 0.15) is 43.1 Å². The number of halogens is 2. The van der Waals surface area contributed by atoms with Crippen LogP contribution in [0, 0.1) is 6.08 Å². The van der Waals surface area contributed by atoms with E-state index in [9.17, 15) is 4.79 Å². The van der Waals surface area contributed by atoms with E-state index >= 15 is 0 Å². The fourth-order valence-corrected chi connectivity index (χ4v) is 1.47. The number of allylic oxidation sites excluding steroid dienone is 4. The van der Waals surface area contributed by atoms with Gasteiger partial charge in [0.15, 0.2) is 0 Å². The van der Waals surface area contributed by atoms with Gasteiger partial charge < -0.3 is 35.3 Å². The zero-order valence-electron chi connectivity index (χ0n) is 14.9. The first kappa shape index (κ1) is 31.6. The van der Waals surface area contributed by atoms with Crippen molar-refractivity contribution < 1.29 is 55.5 Å². The summed E-state index contributed by atoms with van der Waals surface area (Å²) in [4.78, 5) is 10.8. The van der Waals surface area contributed by atoms with E-state index in [0.717, 1.165) is 21.5 Å². The van der Waals surface area contributed by atoms with Crippen molar-refractivity contribution in [2.45, 2.75) is 45.7 Å². The Labute approximate surface area is 181 Å². The van der Waals surface area contributed by atoms with Crippen molar-refractivity contribution >= 4 is 15.4 Å². The number of nitrogens with one attached hydrogen (secondary N) is 1. The molecule has 1 amide bonds. The molecule has 1 aromatic rings. The standard InChI is InChI=1S/C11H15NO.C5H5.C2H6Si.2ClH.Hf/c1-11(2,3)9-6-4-5-8(7-9)10(12)13;1-2-4-5-3-1;1-3-2;;;/h4-7H,1-3H3,(H2,12,13);1-3H,4H2;1-2H3;2*1H;/q;-1;;;;+4/p-3. The Bertz CT molecular complexity index is 490. The van der Waals surface area contributed by atoms with Crippen molar-refractivity contribution in [1.29, 1.82) is 0 Å². The third kappa shape index (κ3) is 15.4. The van der Waals surface area contributed by atoms with E-state index in [4.69, 9.17) is 5.73 Å². The van der Waals surface area contributed by atoms with Crippen molar-refractivity contribution in [2.75, 3.05) is 0 Å². The number of hydrogen-bond acceptors (Lipinski definition) is 1. The van der Waals surface area contributed by atoms with Crippen molar-refractivity contribution in [1.82, 2.24) is 0 Å². The maximum atomic E-state index is 10.8. The van der Waals surface area contributed by atoms with Crippen LogP contribution in [-0.4, -0.2) is 15.4 Å². The maximum absolute atomic E-state index is 10.8. The van der Waals surface area contributed by atoms with Crippen LogP contribution in [-0.2, 0) is 31.3 Å². The van der Waals surface area contributed by atoms with Gasteiger partial charge in [0.1, 0.15) is 0 Å². The van der Waals surface area contributed by atoms with E-state index in [2.05, 4.69) is 46.0 Å². The molecule has 0 fully saturated rings. The zero-order chi connectivity index (χ0) is 16.3. The summed E-state index contributed by atoms with van der Waals surface area (Å²) in [6.07, 6.45) is 10.0. The molecule has 2 rings (SSSR count). The minimum absolute atomic E-state index is 0. The largest absolute Gasteiger partial charge is 4.00 e. The molecule has 0 spiro atoms. The molecular formula is C18H25Cl2HfNOSi. The van der Waals surface area contributed by atoms with Gasteiger partial charge in [0.05, 0.1) is 5.91 Å². The number of hydrogen-bond donors (Lipinski definition) is 0. The fourth-order valence-electron chi connectivity index (χ4n) is 1.47. The molecule has 2 radical (unpaired) electrons. The Morgan fingerprint density at radius 3 is 2.04 bits per heavy atom. The van der Waals surface area contributed by atoms with E-state index in [1.807, 2.05) is 24.3 Å². The van der Waals surface area contributed by atoms with Crippen LogP contribution < -0.4 is 24.8 Å². The van der Waals surface area contributed by atoms with Crippen molar-refractivity contribution in [2.24, 2.45) is 0 Å². The number of amides is 1. The zero-order valence-corrected chi connectivity index (χ0v) is 21.0. The van der Waals surface area contributed by atoms with Gasteiger partial charge in [0.25, 0.3) is 0 Å². The summed E-state index contributed by atoms with van der Waals surface area (Å²) in [5.41, 5.74) is 8.57. The van der Waals surface area contributed by atoms with Gasteiger partial charge in [-0.15, -0.1) is 6.42 Å². The predicted molar refractivity (Wildman–Crippen MR) is 92.8 cm³/mol. The summed E-state index contributed by atoms with van der Waals surface area (Å²) < 4.78 is 0. The summed E-state index contributed by atoms with van der Waals surface area (Å²) in [6.45, 7) is 10.6. The van der Waals surface area contributed by atoms with Gasteiger partial charge in [-0.2, -0.15) is 6.08 Å². The van der Waals surface area contributed by atoms with E-state index < -0.39 is 5.91 Å². The summed E-state index contributed by atoms with van der Waals surface area (Å²) in [7, 11) is 1.08. The third-order valence-electron chi connectivity index (χ3n) is 2.58. The summed E-state index contributed by atoms with van der Waals surface area (Å²) in [5.74, 6) is -0.619. The number of carbonyl (C=O) groups excluding carboxylic acids is 1. The molecule has 6 heteroatoms. The fraction of sp³-hybridized carbons (Fsp3) is 0.389. The predicted octanol–water partition coefficient (Wildman–Crippen LogP) is -0.726. The summed E-state index contributed by atoms with van der Waals surface area (Å²) in [6, 6.07) is 7.26. The molecule has 1 N–H and O–H groups in total. The monoisotopic (exact) mass is 549 g/mol. The van der Waals surface area contributed by atoms with Gasteiger partial charge in [0, 0.05) is 9.52 Å². The van der Waals surface area contributed by atoms with Gasteiger partial charge in [-0.25, -0.2) is 12.2 Å². The average Bonchev–Trinajstić information content (AvgIpc) is 2.98. The Morgan fingerprint density at radius 2 is 1.75 bits per heavy atom. The molecule has 1 aliphatic carbocycles. The molecule has 0 aliphatic heterocycles. The normalized spacial score (nSPS) is 10.5. The van der Waals surface area contributed by atoms with Crippen molar-refractivity contribution in [3.8, 4) is 0 Å². The Morgan fingerprint density at radius 1 is 1.21 bits per heavy atom. The summed E-state index contributed by atoms with van der Waals surface area (Å²) in [5, 5.41) is 0. The van der Waals surface area contributed by atoms with Crippen LogP contribution in [0.4, 0.5) is 0 Å². The van der Waals surface area contributed by atoms with Gasteiger partial charge in [-0.3, -0.25) is 6.08 Å². The molecule has 0 heterocycles. The maximum Gasteiger partial charge on any atom is 4.00 e. The van der Waals surface area contributed by atoms with Crippen molar-refractivity contribution in [3.05, 3.63) is 65.4 Å². The molecule has 1 aliphatic rings. The number of rotatable bonds is 1. The second kappa shape index (κ2) is 17.7. The molecule has 0 bridgehead atoms. The molecule has 24 heavy (non-hydrogen) atoms. The first-order valence-electron chi connectivity index (χ1n) is 6.99. The molecule has 0 saturated heterocycles. The van der Waals surface area contributed by atoms with Crippen LogP contribution in [0.3, 0.4) is 0 Å². The van der Waals surface area contributed by atoms with Crippen molar-refractivity contribution in [3.63, 3.8) is 0 Å². The minimum atomic E-state index is -0.619. The van der Waals surface area contributed by atoms with Crippen LogP contribution in [0.2, 0.25) is 13.1 Å². The second-order valence-corrected chi connectivity index (χ2v) is 6.66. The van der Waals surface area contributed by atoms with Gasteiger partial charge in [0.2, 0.25) is 0 Å². The Kier molecular flexibility index (Phi) is 23.2. The molecule has 2 nitrogen and oxygen atoms in total. The topological polar surface area (TPSA) is 40.9 Å². The Hall–Kier alpha value is -0.163. The van der Waals surface area contributed by atoms with Gasteiger partial charge in [-0.1, -0.05) is 52.1 Å². The molecular weight excluding hydrogens is 524 g/mol. The first-order chi connectivity index (χ1) is 9.82. The molecule has 0 aromatic heterocycles. The smallest absolute Gasteiger partial charge is 1.00 e. The second-order valence-electron chi connectivity index (χ2n) is 5.66. The Balaban J connectivity index is -0.000000154.